The number of nitrogens with zero attached hydrogens (tertiary/aromatic N) is 4. The van der Waals surface area contributed by atoms with Gasteiger partial charge in [0.2, 0.25) is 0 Å². The number of nitrogens with one attached hydrogen (secondary N) is 1. The van der Waals surface area contributed by atoms with Crippen LogP contribution in [0.3, 0.4) is 0 Å². The van der Waals surface area contributed by atoms with Gasteiger partial charge in [0.15, 0.2) is 11.8 Å². The average Bonchev–Trinajstić information content (AvgIpc) is 2.54. The van der Waals surface area contributed by atoms with Gasteiger partial charge in [0, 0.05) is 20.0 Å². The summed E-state index contributed by atoms with van der Waals surface area (Å²) in [7, 11) is 1.66. The summed E-state index contributed by atoms with van der Waals surface area (Å²) in [5.74, 6) is 2.48. The van der Waals surface area contributed by atoms with Gasteiger partial charge in [-0.2, -0.15) is 0 Å². The summed E-state index contributed by atoms with van der Waals surface area (Å²) in [6.45, 7) is 1.61. The van der Waals surface area contributed by atoms with Gasteiger partial charge in [-0.25, -0.2) is 0 Å². The normalized spacial score (nSPS) is 16.7. The van der Waals surface area contributed by atoms with Crippen LogP contribution in [0.5, 0.6) is 0 Å². The Bertz CT molecular complexity index is 381. The Morgan fingerprint density at radius 1 is 1.44 bits per heavy atom. The Balaban J connectivity index is 2.07. The Kier molecular flexibility index (Phi) is 3.38. The van der Waals surface area contributed by atoms with Crippen molar-refractivity contribution < 1.29 is 0 Å². The van der Waals surface area contributed by atoms with E-state index >= 15 is 0 Å². The van der Waals surface area contributed by atoms with Crippen LogP contribution in [-0.2, 0) is 19.5 Å². The molecule has 1 aliphatic heterocycles. The summed E-state index contributed by atoms with van der Waals surface area (Å²) in [6, 6.07) is 0. The zero-order chi connectivity index (χ0) is 11.4. The number of guanidine groups is 1. The van der Waals surface area contributed by atoms with Crippen LogP contribution in [0.1, 0.15) is 30.9 Å². The lowest BCUT2D eigenvalue weighted by atomic mass is 10.2. The molecule has 0 spiro atoms. The van der Waals surface area contributed by atoms with E-state index in [2.05, 4.69) is 25.1 Å². The highest BCUT2D eigenvalue weighted by Gasteiger charge is 2.14. The molecule has 0 aromatic carbocycles. The predicted octanol–water partition coefficient (Wildman–Crippen LogP) is 0.0386. The fraction of sp³-hybridized carbons (Fsp3) is 0.700. The molecule has 1 aromatic heterocycles. The van der Waals surface area contributed by atoms with E-state index in [9.17, 15) is 0 Å². The van der Waals surface area contributed by atoms with Crippen molar-refractivity contribution in [2.24, 2.45) is 10.7 Å². The first-order valence-electron chi connectivity index (χ1n) is 5.68. The van der Waals surface area contributed by atoms with Crippen LogP contribution >= 0.6 is 0 Å². The standard InChI is InChI=1S/C10H18N6/c1-12-10(11)13-7-9-15-14-8-5-3-2-4-6-16(8)9/h2-7H2,1H3,(H3,11,12,13). The lowest BCUT2D eigenvalue weighted by Crippen LogP contribution is -2.31. The van der Waals surface area contributed by atoms with Gasteiger partial charge in [-0.3, -0.25) is 4.99 Å². The zero-order valence-corrected chi connectivity index (χ0v) is 9.61. The maximum absolute atomic E-state index is 5.58. The molecular formula is C10H18N6. The molecule has 2 heterocycles. The Labute approximate surface area is 95.0 Å². The molecule has 88 valence electrons. The minimum atomic E-state index is 0.436. The van der Waals surface area contributed by atoms with Gasteiger partial charge >= 0.3 is 0 Å². The number of hydrogen-bond acceptors (Lipinski definition) is 3. The second kappa shape index (κ2) is 4.96. The molecule has 0 saturated carbocycles. The van der Waals surface area contributed by atoms with Gasteiger partial charge in [0.05, 0.1) is 6.54 Å². The van der Waals surface area contributed by atoms with Crippen molar-refractivity contribution in [1.82, 2.24) is 20.1 Å². The molecule has 6 heteroatoms. The van der Waals surface area contributed by atoms with Gasteiger partial charge in [0.1, 0.15) is 5.82 Å². The highest BCUT2D eigenvalue weighted by Crippen LogP contribution is 2.14. The van der Waals surface area contributed by atoms with E-state index in [0.717, 1.165) is 24.6 Å². The molecule has 0 atom stereocenters. The molecule has 0 saturated heterocycles. The Hall–Kier alpha value is -1.59. The molecule has 1 aliphatic rings. The average molecular weight is 222 g/mol. The Morgan fingerprint density at radius 3 is 3.12 bits per heavy atom. The molecule has 0 radical (unpaired) electrons. The van der Waals surface area contributed by atoms with Gasteiger partial charge in [0.25, 0.3) is 0 Å². The summed E-state index contributed by atoms with van der Waals surface area (Å²) in [5, 5.41) is 11.4. The third-order valence-corrected chi connectivity index (χ3v) is 2.85. The molecule has 0 bridgehead atoms. The van der Waals surface area contributed by atoms with E-state index in [-0.39, 0.29) is 0 Å². The largest absolute Gasteiger partial charge is 0.370 e. The molecule has 3 N–H and O–H groups in total. The van der Waals surface area contributed by atoms with Crippen molar-refractivity contribution >= 4 is 5.96 Å². The first-order valence-corrected chi connectivity index (χ1v) is 5.68. The highest BCUT2D eigenvalue weighted by molar-refractivity contribution is 5.77. The third-order valence-electron chi connectivity index (χ3n) is 2.85. The van der Waals surface area contributed by atoms with Gasteiger partial charge in [-0.1, -0.05) is 6.42 Å². The van der Waals surface area contributed by atoms with Crippen molar-refractivity contribution in [2.45, 2.75) is 38.8 Å². The second-order valence-corrected chi connectivity index (χ2v) is 3.96. The molecule has 0 unspecified atom stereocenters. The van der Waals surface area contributed by atoms with Crippen molar-refractivity contribution in [3.8, 4) is 0 Å². The molecule has 0 aliphatic carbocycles. The monoisotopic (exact) mass is 222 g/mol. The molecule has 6 nitrogen and oxygen atoms in total. The van der Waals surface area contributed by atoms with Crippen LogP contribution in [0.25, 0.3) is 0 Å². The molecule has 2 rings (SSSR count). The van der Waals surface area contributed by atoms with E-state index < -0.39 is 0 Å². The minimum Gasteiger partial charge on any atom is -0.370 e. The first kappa shape index (κ1) is 10.9. The number of aryl methyl sites for hydroxylation is 1. The molecule has 16 heavy (non-hydrogen) atoms. The minimum absolute atomic E-state index is 0.436. The first-order chi connectivity index (χ1) is 7.81. The Morgan fingerprint density at radius 2 is 2.31 bits per heavy atom. The fourth-order valence-corrected chi connectivity index (χ4v) is 1.92. The lowest BCUT2D eigenvalue weighted by molar-refractivity contribution is 0.598. The number of aromatic nitrogens is 3. The van der Waals surface area contributed by atoms with Crippen molar-refractivity contribution in [3.05, 3.63) is 11.6 Å². The van der Waals surface area contributed by atoms with Gasteiger partial charge in [-0.15, -0.1) is 10.2 Å². The quantitative estimate of drug-likeness (QED) is 0.547. The second-order valence-electron chi connectivity index (χ2n) is 3.96. The molecular weight excluding hydrogens is 204 g/mol. The fourth-order valence-electron chi connectivity index (χ4n) is 1.92. The van der Waals surface area contributed by atoms with Crippen molar-refractivity contribution in [1.29, 1.82) is 0 Å². The van der Waals surface area contributed by atoms with Crippen LogP contribution in [0.4, 0.5) is 0 Å². The summed E-state index contributed by atoms with van der Waals surface area (Å²) >= 11 is 0. The van der Waals surface area contributed by atoms with Crippen LogP contribution < -0.4 is 11.1 Å². The number of hydrogen-bond donors (Lipinski definition) is 2. The smallest absolute Gasteiger partial charge is 0.188 e. The maximum Gasteiger partial charge on any atom is 0.188 e. The molecule has 1 aromatic rings. The number of aliphatic imine (C=N–C) groups is 1. The predicted molar refractivity (Wildman–Crippen MR) is 62.0 cm³/mol. The lowest BCUT2D eigenvalue weighted by Gasteiger charge is -2.07. The number of nitrogens with two attached hydrogens (primary N) is 1. The number of rotatable bonds is 2. The van der Waals surface area contributed by atoms with Gasteiger partial charge in [-0.05, 0) is 12.8 Å². The number of fused-ring (bicyclic) bond motifs is 1. The highest BCUT2D eigenvalue weighted by atomic mass is 15.3. The summed E-state index contributed by atoms with van der Waals surface area (Å²) in [4.78, 5) is 3.84. The van der Waals surface area contributed by atoms with Crippen molar-refractivity contribution in [3.63, 3.8) is 0 Å². The van der Waals surface area contributed by atoms with E-state index in [0.29, 0.717) is 12.5 Å². The summed E-state index contributed by atoms with van der Waals surface area (Å²) < 4.78 is 2.20. The third kappa shape index (κ3) is 2.32. The van der Waals surface area contributed by atoms with Crippen molar-refractivity contribution in [2.75, 3.05) is 7.05 Å². The molecule has 0 amide bonds. The maximum atomic E-state index is 5.58. The van der Waals surface area contributed by atoms with E-state index in [1.807, 2.05) is 0 Å². The summed E-state index contributed by atoms with van der Waals surface area (Å²) in [5.41, 5.74) is 5.58. The topological polar surface area (TPSA) is 81.1 Å². The van der Waals surface area contributed by atoms with Crippen LogP contribution in [0.2, 0.25) is 0 Å². The van der Waals surface area contributed by atoms with E-state index in [1.54, 1.807) is 7.05 Å². The SMILES string of the molecule is CN=C(N)NCc1nnc2n1CCCCC2. The van der Waals surface area contributed by atoms with E-state index in [4.69, 9.17) is 5.73 Å². The van der Waals surface area contributed by atoms with Crippen LogP contribution in [-0.4, -0.2) is 27.8 Å². The van der Waals surface area contributed by atoms with Crippen LogP contribution in [0, 0.1) is 0 Å². The van der Waals surface area contributed by atoms with Crippen LogP contribution in [0.15, 0.2) is 4.99 Å². The molecule has 0 fully saturated rings. The van der Waals surface area contributed by atoms with E-state index in [1.165, 1.54) is 19.3 Å². The summed E-state index contributed by atoms with van der Waals surface area (Å²) in [6.07, 6.45) is 4.72. The zero-order valence-electron chi connectivity index (χ0n) is 9.61. The van der Waals surface area contributed by atoms with Gasteiger partial charge < -0.3 is 15.6 Å².